The summed E-state index contributed by atoms with van der Waals surface area (Å²) < 4.78 is 7.41. The van der Waals surface area contributed by atoms with Crippen LogP contribution < -0.4 is 9.64 Å². The predicted molar refractivity (Wildman–Crippen MR) is 117 cm³/mol. The van der Waals surface area contributed by atoms with E-state index in [1.807, 2.05) is 17.0 Å². The van der Waals surface area contributed by atoms with Crippen molar-refractivity contribution in [3.63, 3.8) is 0 Å². The van der Waals surface area contributed by atoms with Crippen molar-refractivity contribution in [1.82, 2.24) is 14.7 Å². The van der Waals surface area contributed by atoms with Gasteiger partial charge in [0.1, 0.15) is 5.75 Å². The Balaban J connectivity index is 1.53. The molecule has 1 fully saturated rings. The molecule has 0 bridgehead atoms. The van der Waals surface area contributed by atoms with E-state index in [2.05, 4.69) is 54.5 Å². The van der Waals surface area contributed by atoms with Gasteiger partial charge in [-0.3, -0.25) is 9.48 Å². The Morgan fingerprint density at radius 2 is 1.90 bits per heavy atom. The lowest BCUT2D eigenvalue weighted by Crippen LogP contribution is -2.48. The Hall–Kier alpha value is -2.50. The summed E-state index contributed by atoms with van der Waals surface area (Å²) in [5.74, 6) is 1.67. The molecule has 3 rings (SSSR count). The van der Waals surface area contributed by atoms with Crippen molar-refractivity contribution in [2.75, 3.05) is 38.2 Å². The minimum atomic E-state index is 0.241. The summed E-state index contributed by atoms with van der Waals surface area (Å²) in [6.45, 7) is 12.7. The molecule has 158 valence electrons. The summed E-state index contributed by atoms with van der Waals surface area (Å²) in [5.41, 5.74) is 4.64. The third-order valence-corrected chi connectivity index (χ3v) is 5.71. The molecule has 0 aliphatic carbocycles. The summed E-state index contributed by atoms with van der Waals surface area (Å²) in [6.07, 6.45) is 1.32. The van der Waals surface area contributed by atoms with Crippen LogP contribution >= 0.6 is 0 Å². The summed E-state index contributed by atoms with van der Waals surface area (Å²) in [5, 5.41) is 4.67. The van der Waals surface area contributed by atoms with Gasteiger partial charge in [-0.05, 0) is 43.9 Å². The highest BCUT2D eigenvalue weighted by Crippen LogP contribution is 2.23. The first-order valence-electron chi connectivity index (χ1n) is 10.6. The molecule has 2 heterocycles. The van der Waals surface area contributed by atoms with Gasteiger partial charge in [0.15, 0.2) is 0 Å². The zero-order valence-electron chi connectivity index (χ0n) is 18.4. The molecule has 0 radical (unpaired) electrons. The Bertz CT molecular complexity index is 835. The number of carbonyl (C=O) groups is 1. The van der Waals surface area contributed by atoms with Crippen LogP contribution in [0.1, 0.15) is 37.2 Å². The number of aryl methyl sites for hydroxylation is 1. The van der Waals surface area contributed by atoms with Crippen LogP contribution in [0.3, 0.4) is 0 Å². The first kappa shape index (κ1) is 21.2. The smallest absolute Gasteiger partial charge is 0.223 e. The van der Waals surface area contributed by atoms with Gasteiger partial charge in [0.05, 0.1) is 12.8 Å². The molecule has 0 N–H and O–H groups in total. The number of amides is 1. The van der Waals surface area contributed by atoms with Gasteiger partial charge in [0, 0.05) is 56.6 Å². The summed E-state index contributed by atoms with van der Waals surface area (Å²) in [4.78, 5) is 17.1. The van der Waals surface area contributed by atoms with Crippen molar-refractivity contribution in [3.8, 4) is 5.75 Å². The highest BCUT2D eigenvalue weighted by Gasteiger charge is 2.22. The van der Waals surface area contributed by atoms with E-state index >= 15 is 0 Å². The van der Waals surface area contributed by atoms with Crippen molar-refractivity contribution in [2.45, 2.75) is 47.1 Å². The molecule has 1 amide bonds. The van der Waals surface area contributed by atoms with Crippen LogP contribution in [0.15, 0.2) is 24.3 Å². The van der Waals surface area contributed by atoms with Gasteiger partial charge in [-0.25, -0.2) is 0 Å². The lowest BCUT2D eigenvalue weighted by molar-refractivity contribution is -0.131. The van der Waals surface area contributed by atoms with Crippen molar-refractivity contribution in [2.24, 2.45) is 5.92 Å². The summed E-state index contributed by atoms with van der Waals surface area (Å²) in [6, 6.07) is 8.12. The first-order valence-corrected chi connectivity index (χ1v) is 10.6. The van der Waals surface area contributed by atoms with E-state index in [1.165, 1.54) is 11.3 Å². The van der Waals surface area contributed by atoms with E-state index in [9.17, 15) is 4.79 Å². The molecule has 29 heavy (non-hydrogen) atoms. The lowest BCUT2D eigenvalue weighted by Gasteiger charge is -2.36. The van der Waals surface area contributed by atoms with Crippen LogP contribution in [0, 0.1) is 19.8 Å². The normalized spacial score (nSPS) is 14.6. The SMILES string of the molecule is COc1cccc(N2CCN(C(=O)CCc3c(C)nn(CC(C)C)c3C)CC2)c1. The van der Waals surface area contributed by atoms with Crippen molar-refractivity contribution < 1.29 is 9.53 Å². The van der Waals surface area contributed by atoms with E-state index in [-0.39, 0.29) is 5.91 Å². The number of anilines is 1. The van der Waals surface area contributed by atoms with Crippen LogP contribution in [0.2, 0.25) is 0 Å². The molecule has 6 heteroatoms. The summed E-state index contributed by atoms with van der Waals surface area (Å²) in [7, 11) is 1.69. The number of nitrogens with zero attached hydrogens (tertiary/aromatic N) is 4. The zero-order valence-corrected chi connectivity index (χ0v) is 18.4. The van der Waals surface area contributed by atoms with E-state index in [4.69, 9.17) is 4.74 Å². The average Bonchev–Trinajstić information content (AvgIpc) is 2.98. The first-order chi connectivity index (χ1) is 13.9. The van der Waals surface area contributed by atoms with Gasteiger partial charge >= 0.3 is 0 Å². The van der Waals surface area contributed by atoms with E-state index < -0.39 is 0 Å². The number of benzene rings is 1. The topological polar surface area (TPSA) is 50.6 Å². The fourth-order valence-corrected chi connectivity index (χ4v) is 4.03. The van der Waals surface area contributed by atoms with Crippen LogP contribution in [0.5, 0.6) is 5.75 Å². The minimum absolute atomic E-state index is 0.241. The molecule has 0 saturated carbocycles. The number of ether oxygens (including phenoxy) is 1. The van der Waals surface area contributed by atoms with Gasteiger partial charge in [-0.1, -0.05) is 19.9 Å². The quantitative estimate of drug-likeness (QED) is 0.717. The van der Waals surface area contributed by atoms with Gasteiger partial charge in [0.25, 0.3) is 0 Å². The fourth-order valence-electron chi connectivity index (χ4n) is 4.03. The number of methoxy groups -OCH3 is 1. The van der Waals surface area contributed by atoms with Gasteiger partial charge < -0.3 is 14.5 Å². The maximum Gasteiger partial charge on any atom is 0.223 e. The van der Waals surface area contributed by atoms with Gasteiger partial charge in [-0.15, -0.1) is 0 Å². The zero-order chi connectivity index (χ0) is 21.0. The number of aromatic nitrogens is 2. The molecule has 6 nitrogen and oxygen atoms in total. The lowest BCUT2D eigenvalue weighted by atomic mass is 10.1. The minimum Gasteiger partial charge on any atom is -0.497 e. The molecule has 2 aromatic rings. The van der Waals surface area contributed by atoms with E-state index in [0.29, 0.717) is 12.3 Å². The monoisotopic (exact) mass is 398 g/mol. The summed E-state index contributed by atoms with van der Waals surface area (Å²) >= 11 is 0. The number of carbonyl (C=O) groups excluding carboxylic acids is 1. The molecule has 1 aliphatic rings. The Morgan fingerprint density at radius 3 is 2.55 bits per heavy atom. The highest BCUT2D eigenvalue weighted by molar-refractivity contribution is 5.77. The van der Waals surface area contributed by atoms with Crippen molar-refractivity contribution in [1.29, 1.82) is 0 Å². The number of piperazine rings is 1. The molecular formula is C23H34N4O2. The Labute approximate surface area is 174 Å². The van der Waals surface area contributed by atoms with Crippen molar-refractivity contribution in [3.05, 3.63) is 41.2 Å². The predicted octanol–water partition coefficient (Wildman–Crippen LogP) is 3.45. The third kappa shape index (κ3) is 5.11. The van der Waals surface area contributed by atoms with E-state index in [1.54, 1.807) is 7.11 Å². The van der Waals surface area contributed by atoms with Crippen LogP contribution in [0.25, 0.3) is 0 Å². The van der Waals surface area contributed by atoms with E-state index in [0.717, 1.165) is 56.3 Å². The van der Waals surface area contributed by atoms with Gasteiger partial charge in [-0.2, -0.15) is 5.10 Å². The maximum atomic E-state index is 12.8. The second kappa shape index (κ2) is 9.33. The molecule has 0 atom stereocenters. The Morgan fingerprint density at radius 1 is 1.17 bits per heavy atom. The second-order valence-corrected chi connectivity index (χ2v) is 8.29. The molecule has 1 aromatic carbocycles. The standard InChI is InChI=1S/C23H34N4O2/c1-17(2)16-27-19(4)22(18(3)24-27)9-10-23(28)26-13-11-25(12-14-26)20-7-6-8-21(15-20)29-5/h6-8,15,17H,9-14,16H2,1-5H3. The third-order valence-electron chi connectivity index (χ3n) is 5.71. The number of hydrogen-bond acceptors (Lipinski definition) is 4. The average molecular weight is 399 g/mol. The Kier molecular flexibility index (Phi) is 6.83. The van der Waals surface area contributed by atoms with Crippen LogP contribution in [-0.2, 0) is 17.8 Å². The van der Waals surface area contributed by atoms with Crippen molar-refractivity contribution >= 4 is 11.6 Å². The van der Waals surface area contributed by atoms with Gasteiger partial charge in [0.2, 0.25) is 5.91 Å². The van der Waals surface area contributed by atoms with Crippen LogP contribution in [0.4, 0.5) is 5.69 Å². The second-order valence-electron chi connectivity index (χ2n) is 8.29. The maximum absolute atomic E-state index is 12.8. The van der Waals surface area contributed by atoms with Crippen LogP contribution in [-0.4, -0.2) is 53.9 Å². The molecule has 0 unspecified atom stereocenters. The molecule has 0 spiro atoms. The number of rotatable bonds is 7. The molecular weight excluding hydrogens is 364 g/mol. The highest BCUT2D eigenvalue weighted by atomic mass is 16.5. The molecule has 1 saturated heterocycles. The largest absolute Gasteiger partial charge is 0.497 e. The fraction of sp³-hybridized carbons (Fsp3) is 0.565. The molecule has 1 aliphatic heterocycles. The number of hydrogen-bond donors (Lipinski definition) is 0. The molecule has 1 aromatic heterocycles.